The van der Waals surface area contributed by atoms with Crippen LogP contribution in [0.15, 0.2) is 12.5 Å². The van der Waals surface area contributed by atoms with Crippen molar-refractivity contribution in [2.75, 3.05) is 11.9 Å². The molecule has 128 valence electrons. The minimum atomic E-state index is -0.729. The molecule has 3 aliphatic rings. The smallest absolute Gasteiger partial charge is 0.341 e. The molecule has 1 N–H and O–H groups in total. The minimum absolute atomic E-state index is 0.0103. The lowest BCUT2D eigenvalue weighted by atomic mass is 9.90. The van der Waals surface area contributed by atoms with Crippen LogP contribution in [0.25, 0.3) is 0 Å². The zero-order valence-corrected chi connectivity index (χ0v) is 14.2. The summed E-state index contributed by atoms with van der Waals surface area (Å²) in [5, 5.41) is 3.53. The maximum Gasteiger partial charge on any atom is 0.341 e. The first-order valence-corrected chi connectivity index (χ1v) is 9.07. The first-order chi connectivity index (χ1) is 11.6. The monoisotopic (exact) mass is 349 g/mol. The molecule has 1 saturated carbocycles. The predicted octanol–water partition coefficient (Wildman–Crippen LogP) is 2.98. The van der Waals surface area contributed by atoms with Crippen molar-refractivity contribution in [3.63, 3.8) is 0 Å². The summed E-state index contributed by atoms with van der Waals surface area (Å²) < 4.78 is 16.5. The van der Waals surface area contributed by atoms with E-state index in [-0.39, 0.29) is 11.8 Å². The van der Waals surface area contributed by atoms with E-state index in [0.29, 0.717) is 30.0 Å². The van der Waals surface area contributed by atoms with E-state index in [4.69, 9.17) is 14.2 Å². The van der Waals surface area contributed by atoms with Crippen LogP contribution < -0.4 is 5.32 Å². The van der Waals surface area contributed by atoms with Crippen molar-refractivity contribution in [1.29, 1.82) is 0 Å². The normalized spacial score (nSPS) is 20.2. The number of esters is 1. The van der Waals surface area contributed by atoms with E-state index in [1.54, 1.807) is 6.92 Å². The molecule has 0 radical (unpaired) electrons. The molecule has 1 fully saturated rings. The van der Waals surface area contributed by atoms with Gasteiger partial charge in [-0.2, -0.15) is 0 Å². The molecule has 4 rings (SSSR count). The lowest BCUT2D eigenvalue weighted by Gasteiger charge is -2.31. The maximum atomic E-state index is 12.5. The fourth-order valence-electron chi connectivity index (χ4n) is 3.16. The highest BCUT2D eigenvalue weighted by Gasteiger charge is 2.43. The second-order valence-electron chi connectivity index (χ2n) is 6.29. The van der Waals surface area contributed by atoms with Gasteiger partial charge in [0.05, 0.1) is 18.6 Å². The molecule has 1 amide bonds. The third-order valence-electron chi connectivity index (χ3n) is 4.56. The van der Waals surface area contributed by atoms with Gasteiger partial charge in [0.1, 0.15) is 17.5 Å². The Balaban J connectivity index is 1.68. The van der Waals surface area contributed by atoms with Gasteiger partial charge in [0.2, 0.25) is 5.91 Å². The van der Waals surface area contributed by atoms with E-state index in [9.17, 15) is 9.59 Å². The second kappa shape index (κ2) is 5.81. The summed E-state index contributed by atoms with van der Waals surface area (Å²) in [6.07, 6.45) is 6.84. The van der Waals surface area contributed by atoms with Crippen LogP contribution in [0, 0.1) is 5.92 Å². The number of thiophene rings is 1. The number of carbonyl (C=O) groups excluding carboxylic acids is 2. The quantitative estimate of drug-likeness (QED) is 0.846. The van der Waals surface area contributed by atoms with Gasteiger partial charge >= 0.3 is 5.97 Å². The first kappa shape index (κ1) is 15.5. The molecule has 1 spiro atoms. The molecule has 24 heavy (non-hydrogen) atoms. The molecule has 7 heteroatoms. The molecule has 2 heterocycles. The number of anilines is 1. The number of fused-ring (bicyclic) bond motifs is 1. The van der Waals surface area contributed by atoms with E-state index in [0.717, 1.165) is 29.7 Å². The fourth-order valence-corrected chi connectivity index (χ4v) is 4.37. The van der Waals surface area contributed by atoms with E-state index < -0.39 is 11.8 Å². The molecule has 6 nitrogen and oxygen atoms in total. The summed E-state index contributed by atoms with van der Waals surface area (Å²) in [7, 11) is 0. The van der Waals surface area contributed by atoms with Crippen LogP contribution in [0.5, 0.6) is 0 Å². The van der Waals surface area contributed by atoms with Crippen LogP contribution >= 0.6 is 11.3 Å². The van der Waals surface area contributed by atoms with Crippen LogP contribution in [-0.2, 0) is 31.8 Å². The highest BCUT2D eigenvalue weighted by molar-refractivity contribution is 7.17. The number of aryl methyl sites for hydroxylation is 1. The topological polar surface area (TPSA) is 73.9 Å². The molecule has 0 saturated heterocycles. The van der Waals surface area contributed by atoms with Crippen molar-refractivity contribution in [3.05, 3.63) is 28.5 Å². The molecule has 0 atom stereocenters. The molecule has 1 aromatic rings. The second-order valence-corrected chi connectivity index (χ2v) is 7.39. The third kappa shape index (κ3) is 2.66. The van der Waals surface area contributed by atoms with Crippen LogP contribution in [-0.4, -0.2) is 24.3 Å². The van der Waals surface area contributed by atoms with Crippen molar-refractivity contribution in [3.8, 4) is 0 Å². The van der Waals surface area contributed by atoms with Crippen molar-refractivity contribution in [1.82, 2.24) is 0 Å². The van der Waals surface area contributed by atoms with Gasteiger partial charge in [-0.1, -0.05) is 0 Å². The summed E-state index contributed by atoms with van der Waals surface area (Å²) in [4.78, 5) is 25.8. The van der Waals surface area contributed by atoms with Crippen molar-refractivity contribution in [2.24, 2.45) is 5.92 Å². The van der Waals surface area contributed by atoms with E-state index in [1.807, 2.05) is 0 Å². The molecule has 0 unspecified atom stereocenters. The number of hydrogen-bond acceptors (Lipinski definition) is 6. The Morgan fingerprint density at radius 2 is 2.12 bits per heavy atom. The van der Waals surface area contributed by atoms with Crippen LogP contribution in [0.2, 0.25) is 0 Å². The molecule has 0 aromatic carbocycles. The number of amides is 1. The largest absolute Gasteiger partial charge is 0.462 e. The number of ether oxygens (including phenoxy) is 3. The van der Waals surface area contributed by atoms with Gasteiger partial charge in [-0.15, -0.1) is 11.3 Å². The van der Waals surface area contributed by atoms with Gasteiger partial charge in [0.15, 0.2) is 0 Å². The third-order valence-corrected chi connectivity index (χ3v) is 5.76. The standard InChI is InChI=1S/C17H19NO5S/c1-2-21-16(20)13-11-9-17(22-7-8-23-17)6-5-12(11)24-15(13)18-14(19)10-3-4-10/h7-8,10H,2-6,9H2,1H3,(H,18,19). The SMILES string of the molecule is CCOC(=O)c1c(NC(=O)C2CC2)sc2c1CC1(CC2)OC=CO1. The molecule has 1 aliphatic heterocycles. The highest BCUT2D eigenvalue weighted by Crippen LogP contribution is 2.44. The average molecular weight is 349 g/mol. The predicted molar refractivity (Wildman–Crippen MR) is 87.7 cm³/mol. The lowest BCUT2D eigenvalue weighted by Crippen LogP contribution is -2.37. The molecular formula is C17H19NO5S. The molecule has 1 aromatic heterocycles. The zero-order valence-electron chi connectivity index (χ0n) is 13.4. The van der Waals surface area contributed by atoms with Crippen LogP contribution in [0.3, 0.4) is 0 Å². The van der Waals surface area contributed by atoms with Crippen LogP contribution in [0.1, 0.15) is 47.0 Å². The van der Waals surface area contributed by atoms with E-state index in [2.05, 4.69) is 5.32 Å². The van der Waals surface area contributed by atoms with Gasteiger partial charge < -0.3 is 19.5 Å². The summed E-state index contributed by atoms with van der Waals surface area (Å²) in [5.41, 5.74) is 1.34. The fraction of sp³-hybridized carbons (Fsp3) is 0.529. The maximum absolute atomic E-state index is 12.5. The van der Waals surface area contributed by atoms with Crippen LogP contribution in [0.4, 0.5) is 5.00 Å². The van der Waals surface area contributed by atoms with E-state index >= 15 is 0 Å². The van der Waals surface area contributed by atoms with Gasteiger partial charge in [-0.25, -0.2) is 4.79 Å². The number of nitrogens with one attached hydrogen (secondary N) is 1. The Labute approximate surface area is 143 Å². The summed E-state index contributed by atoms with van der Waals surface area (Å²) >= 11 is 1.47. The average Bonchev–Trinajstić information content (AvgIpc) is 3.23. The van der Waals surface area contributed by atoms with Gasteiger partial charge in [-0.05, 0) is 31.7 Å². The number of hydrogen-bond donors (Lipinski definition) is 1. The van der Waals surface area contributed by atoms with Gasteiger partial charge in [0, 0.05) is 17.2 Å². The Kier molecular flexibility index (Phi) is 3.75. The number of carbonyl (C=O) groups is 2. The zero-order chi connectivity index (χ0) is 16.7. The Morgan fingerprint density at radius 3 is 2.79 bits per heavy atom. The Hall–Kier alpha value is -2.02. The van der Waals surface area contributed by atoms with Crippen molar-refractivity contribution in [2.45, 2.75) is 44.8 Å². The Bertz CT molecular complexity index is 711. The molecule has 0 bridgehead atoms. The van der Waals surface area contributed by atoms with Crippen molar-refractivity contribution >= 4 is 28.2 Å². The molecular weight excluding hydrogens is 330 g/mol. The first-order valence-electron chi connectivity index (χ1n) is 8.25. The summed E-state index contributed by atoms with van der Waals surface area (Å²) in [6, 6.07) is 0. The highest BCUT2D eigenvalue weighted by atomic mass is 32.1. The van der Waals surface area contributed by atoms with Gasteiger partial charge in [-0.3, -0.25) is 4.79 Å². The lowest BCUT2D eigenvalue weighted by molar-refractivity contribution is -0.148. The Morgan fingerprint density at radius 1 is 1.38 bits per heavy atom. The summed E-state index contributed by atoms with van der Waals surface area (Å²) in [6.45, 7) is 2.06. The summed E-state index contributed by atoms with van der Waals surface area (Å²) in [5.74, 6) is -1.06. The van der Waals surface area contributed by atoms with Crippen molar-refractivity contribution < 1.29 is 23.8 Å². The number of rotatable bonds is 4. The minimum Gasteiger partial charge on any atom is -0.462 e. The molecule has 2 aliphatic carbocycles. The van der Waals surface area contributed by atoms with E-state index in [1.165, 1.54) is 23.9 Å². The van der Waals surface area contributed by atoms with Gasteiger partial charge in [0.25, 0.3) is 5.79 Å².